The van der Waals surface area contributed by atoms with Crippen molar-refractivity contribution in [2.45, 2.75) is 57.9 Å². The molecule has 1 N–H and O–H groups in total. The number of hydrogen-bond donors (Lipinski definition) is 1. The van der Waals surface area contributed by atoms with Gasteiger partial charge in [0.05, 0.1) is 17.0 Å². The van der Waals surface area contributed by atoms with Crippen LogP contribution in [0.1, 0.15) is 73.5 Å². The molecule has 32 heavy (non-hydrogen) atoms. The number of amides is 1. The van der Waals surface area contributed by atoms with Gasteiger partial charge in [-0.05, 0) is 42.0 Å². The first-order valence-corrected chi connectivity index (χ1v) is 10.9. The molecule has 1 amide bonds. The van der Waals surface area contributed by atoms with Crippen LogP contribution in [0.3, 0.4) is 0 Å². The molecule has 0 bridgehead atoms. The Hall–Kier alpha value is -3.55. The molecule has 0 fully saturated rings. The number of carbonyl (C=O) groups is 1. The number of pyridine rings is 1. The van der Waals surface area contributed by atoms with Crippen LogP contribution in [0.2, 0.25) is 0 Å². The van der Waals surface area contributed by atoms with Gasteiger partial charge < -0.3 is 9.84 Å². The van der Waals surface area contributed by atoms with E-state index in [0.29, 0.717) is 5.82 Å². The van der Waals surface area contributed by atoms with Gasteiger partial charge in [-0.2, -0.15) is 5.01 Å². The molecule has 3 heterocycles. The molecule has 1 aliphatic carbocycles. The average molecular weight is 431 g/mol. The number of nitroso groups, excluding NO2 is 1. The fourth-order valence-corrected chi connectivity index (χ4v) is 4.34. The highest BCUT2D eigenvalue weighted by Gasteiger charge is 2.36. The molecule has 2 aromatic heterocycles. The Labute approximate surface area is 186 Å². The summed E-state index contributed by atoms with van der Waals surface area (Å²) in [5, 5.41) is 11.5. The summed E-state index contributed by atoms with van der Waals surface area (Å²) in [6.07, 6.45) is 5.57. The predicted octanol–water partition coefficient (Wildman–Crippen LogP) is 5.36. The Kier molecular flexibility index (Phi) is 4.80. The molecule has 0 saturated carbocycles. The minimum atomic E-state index is -0.249. The van der Waals surface area contributed by atoms with E-state index in [-0.39, 0.29) is 23.1 Å². The van der Waals surface area contributed by atoms with Gasteiger partial charge in [0.15, 0.2) is 5.82 Å². The van der Waals surface area contributed by atoms with Crippen LogP contribution in [0.5, 0.6) is 0 Å². The average Bonchev–Trinajstić information content (AvgIpc) is 3.33. The number of rotatable bonds is 4. The Morgan fingerprint density at radius 2 is 2.06 bits per heavy atom. The number of aromatic nitrogens is 2. The first kappa shape index (κ1) is 20.4. The first-order valence-electron chi connectivity index (χ1n) is 10.9. The number of aryl methyl sites for hydroxylation is 1. The number of fused-ring (bicyclic) bond motifs is 2. The van der Waals surface area contributed by atoms with Crippen LogP contribution in [0.15, 0.2) is 46.3 Å². The fourth-order valence-electron chi connectivity index (χ4n) is 4.34. The molecule has 8 nitrogen and oxygen atoms in total. The van der Waals surface area contributed by atoms with E-state index in [1.165, 1.54) is 10.6 Å². The normalized spacial score (nSPS) is 17.2. The molecule has 1 atom stereocenters. The van der Waals surface area contributed by atoms with E-state index >= 15 is 0 Å². The lowest BCUT2D eigenvalue weighted by Gasteiger charge is -2.19. The first-order chi connectivity index (χ1) is 15.4. The van der Waals surface area contributed by atoms with Gasteiger partial charge in [-0.25, -0.2) is 4.98 Å². The van der Waals surface area contributed by atoms with Gasteiger partial charge in [0.2, 0.25) is 5.76 Å². The maximum Gasteiger partial charge on any atom is 0.290 e. The second-order valence-electron chi connectivity index (χ2n) is 9.44. The summed E-state index contributed by atoms with van der Waals surface area (Å²) in [5.74, 6) is 0.597. The largest absolute Gasteiger partial charge is 0.351 e. The number of hydrogen-bond acceptors (Lipinski definition) is 6. The zero-order chi connectivity index (χ0) is 22.5. The Morgan fingerprint density at radius 3 is 2.81 bits per heavy atom. The standard InChI is InChI=1S/C24H25N5O3/c1-24(2,3)20-13-19(32-27-20)23(30)26-18-7-5-4-6-14-12-15(8-9-16(14)18)17-10-11-25-22-21(17)29(22)28-31/h8-13,18H,4-7H2,1-3H3,(H,26,30). The van der Waals surface area contributed by atoms with Crippen LogP contribution in [0.4, 0.5) is 11.5 Å². The second kappa shape index (κ2) is 7.55. The van der Waals surface area contributed by atoms with Crippen LogP contribution >= 0.6 is 0 Å². The molecule has 2 aliphatic rings. The van der Waals surface area contributed by atoms with Crippen LogP contribution in [0.25, 0.3) is 11.1 Å². The maximum atomic E-state index is 12.9. The number of nitrogens with zero attached hydrogens (tertiary/aromatic N) is 4. The molecule has 3 aromatic rings. The van der Waals surface area contributed by atoms with Crippen LogP contribution in [0, 0.1) is 4.91 Å². The molecule has 8 heteroatoms. The van der Waals surface area contributed by atoms with Crippen molar-refractivity contribution >= 4 is 17.4 Å². The van der Waals surface area contributed by atoms with E-state index in [1.54, 1.807) is 12.3 Å². The molecule has 5 rings (SSSR count). The lowest BCUT2D eigenvalue weighted by Crippen LogP contribution is -2.28. The zero-order valence-corrected chi connectivity index (χ0v) is 18.4. The van der Waals surface area contributed by atoms with E-state index < -0.39 is 0 Å². The monoisotopic (exact) mass is 431 g/mol. The quantitative estimate of drug-likeness (QED) is 0.339. The van der Waals surface area contributed by atoms with Gasteiger partial charge in [0.25, 0.3) is 5.91 Å². The molecule has 0 saturated heterocycles. The molecule has 164 valence electrons. The van der Waals surface area contributed by atoms with Gasteiger partial charge in [-0.1, -0.05) is 50.5 Å². The van der Waals surface area contributed by atoms with Crippen molar-refractivity contribution in [2.24, 2.45) is 5.29 Å². The van der Waals surface area contributed by atoms with Gasteiger partial charge >= 0.3 is 0 Å². The van der Waals surface area contributed by atoms with Crippen molar-refractivity contribution < 1.29 is 9.32 Å². The third-order valence-corrected chi connectivity index (χ3v) is 6.18. The molecule has 1 aliphatic heterocycles. The Balaban J connectivity index is 1.41. The summed E-state index contributed by atoms with van der Waals surface area (Å²) >= 11 is 0. The number of benzene rings is 1. The number of anilines is 2. The minimum Gasteiger partial charge on any atom is -0.351 e. The van der Waals surface area contributed by atoms with Crippen LogP contribution in [-0.2, 0) is 11.8 Å². The molecule has 0 spiro atoms. The lowest BCUT2D eigenvalue weighted by molar-refractivity contribution is 0.0897. The van der Waals surface area contributed by atoms with Crippen molar-refractivity contribution in [3.63, 3.8) is 0 Å². The second-order valence-corrected chi connectivity index (χ2v) is 9.44. The zero-order valence-electron chi connectivity index (χ0n) is 18.4. The summed E-state index contributed by atoms with van der Waals surface area (Å²) in [7, 11) is 0. The summed E-state index contributed by atoms with van der Waals surface area (Å²) in [6, 6.07) is 9.80. The molecular formula is C24H25N5O3. The summed E-state index contributed by atoms with van der Waals surface area (Å²) < 4.78 is 5.32. The van der Waals surface area contributed by atoms with Crippen molar-refractivity contribution in [1.29, 1.82) is 0 Å². The van der Waals surface area contributed by atoms with E-state index in [1.807, 2.05) is 32.9 Å². The van der Waals surface area contributed by atoms with Crippen molar-refractivity contribution in [3.05, 3.63) is 64.0 Å². The summed E-state index contributed by atoms with van der Waals surface area (Å²) in [6.45, 7) is 6.10. The van der Waals surface area contributed by atoms with Crippen molar-refractivity contribution in [3.8, 4) is 11.1 Å². The lowest BCUT2D eigenvalue weighted by atomic mass is 9.92. The van der Waals surface area contributed by atoms with Crippen molar-refractivity contribution in [1.82, 2.24) is 15.5 Å². The van der Waals surface area contributed by atoms with E-state index in [9.17, 15) is 9.70 Å². The van der Waals surface area contributed by atoms with Gasteiger partial charge in [-0.3, -0.25) is 4.79 Å². The maximum absolute atomic E-state index is 12.9. The third-order valence-electron chi connectivity index (χ3n) is 6.18. The van der Waals surface area contributed by atoms with Crippen molar-refractivity contribution in [2.75, 3.05) is 5.01 Å². The van der Waals surface area contributed by atoms with Gasteiger partial charge in [0.1, 0.15) is 5.69 Å². The van der Waals surface area contributed by atoms with E-state index in [2.05, 4.69) is 32.9 Å². The highest BCUT2D eigenvalue weighted by Crippen LogP contribution is 2.52. The van der Waals surface area contributed by atoms with E-state index in [0.717, 1.165) is 53.8 Å². The fraction of sp³-hybridized carbons (Fsp3) is 0.375. The van der Waals surface area contributed by atoms with Crippen LogP contribution in [-0.4, -0.2) is 16.0 Å². The molecule has 1 aromatic carbocycles. The molecule has 1 unspecified atom stereocenters. The minimum absolute atomic E-state index is 0.0945. The SMILES string of the molecule is CC(C)(C)c1cc(C(=O)NC2CCCCc3cc(-c4ccnc5c4N5N=O)ccc32)on1. The predicted molar refractivity (Wildman–Crippen MR) is 121 cm³/mol. The summed E-state index contributed by atoms with van der Waals surface area (Å²) in [5.41, 5.74) is 5.62. The Morgan fingerprint density at radius 1 is 1.22 bits per heavy atom. The van der Waals surface area contributed by atoms with Gasteiger partial charge in [-0.15, -0.1) is 4.91 Å². The summed E-state index contributed by atoms with van der Waals surface area (Å²) in [4.78, 5) is 28.0. The highest BCUT2D eigenvalue weighted by molar-refractivity contribution is 6.00. The number of nitrogens with one attached hydrogen (secondary N) is 1. The van der Waals surface area contributed by atoms with Crippen LogP contribution < -0.4 is 10.3 Å². The smallest absolute Gasteiger partial charge is 0.290 e. The number of carbonyl (C=O) groups excluding carboxylic acids is 1. The van der Waals surface area contributed by atoms with E-state index in [4.69, 9.17) is 4.52 Å². The topological polar surface area (TPSA) is 100 Å². The Bertz CT molecular complexity index is 1210. The van der Waals surface area contributed by atoms with Gasteiger partial charge in [0, 0.05) is 23.2 Å². The highest BCUT2D eigenvalue weighted by atomic mass is 16.5. The molecule has 0 radical (unpaired) electrons. The molecular weight excluding hydrogens is 406 g/mol. The third kappa shape index (κ3) is 3.55.